The molecule has 0 atom stereocenters. The Labute approximate surface area is 90.9 Å². The Hall–Kier alpha value is -0.860. The number of carbonyl (C=O) groups excluding carboxylic acids is 1. The normalized spacial score (nSPS) is 19.0. The van der Waals surface area contributed by atoms with Crippen LogP contribution in [-0.4, -0.2) is 16.9 Å². The third-order valence-corrected chi connectivity index (χ3v) is 3.52. The van der Waals surface area contributed by atoms with Crippen molar-refractivity contribution in [3.05, 3.63) is 0 Å². The van der Waals surface area contributed by atoms with Gasteiger partial charge in [-0.15, -0.1) is 0 Å². The molecule has 0 bridgehead atoms. The van der Waals surface area contributed by atoms with Gasteiger partial charge in [-0.3, -0.25) is 9.59 Å². The van der Waals surface area contributed by atoms with Gasteiger partial charge >= 0.3 is 5.97 Å². The summed E-state index contributed by atoms with van der Waals surface area (Å²) in [5.41, 5.74) is -0.0728. The van der Waals surface area contributed by atoms with E-state index in [4.69, 9.17) is 5.11 Å². The van der Waals surface area contributed by atoms with Crippen molar-refractivity contribution in [1.29, 1.82) is 0 Å². The fraction of sp³-hybridized carbons (Fsp3) is 0.833. The van der Waals surface area contributed by atoms with Crippen LogP contribution < -0.4 is 0 Å². The highest BCUT2D eigenvalue weighted by atomic mass is 16.4. The van der Waals surface area contributed by atoms with Gasteiger partial charge in [-0.05, 0) is 24.7 Å². The topological polar surface area (TPSA) is 54.4 Å². The van der Waals surface area contributed by atoms with E-state index >= 15 is 0 Å². The third kappa shape index (κ3) is 3.65. The van der Waals surface area contributed by atoms with Gasteiger partial charge in [0.25, 0.3) is 0 Å². The molecule has 1 fully saturated rings. The summed E-state index contributed by atoms with van der Waals surface area (Å²) < 4.78 is 0. The lowest BCUT2D eigenvalue weighted by Crippen LogP contribution is -2.22. The average Bonchev–Trinajstić information content (AvgIpc) is 2.62. The minimum absolute atomic E-state index is 0.0728. The van der Waals surface area contributed by atoms with Crippen LogP contribution in [0.15, 0.2) is 0 Å². The van der Waals surface area contributed by atoms with E-state index < -0.39 is 5.97 Å². The molecular weight excluding hydrogens is 192 g/mol. The molecule has 0 aromatic carbocycles. The van der Waals surface area contributed by atoms with Crippen LogP contribution in [0.3, 0.4) is 0 Å². The van der Waals surface area contributed by atoms with Gasteiger partial charge < -0.3 is 5.11 Å². The number of carbonyl (C=O) groups is 2. The van der Waals surface area contributed by atoms with Crippen molar-refractivity contribution in [3.8, 4) is 0 Å². The van der Waals surface area contributed by atoms with Gasteiger partial charge in [0.2, 0.25) is 0 Å². The maximum atomic E-state index is 11.2. The molecular formula is C12H20O3. The molecule has 0 aromatic heterocycles. The first-order chi connectivity index (χ1) is 7.08. The lowest BCUT2D eigenvalue weighted by molar-refractivity contribution is -0.140. The number of rotatable bonds is 6. The number of hydrogen-bond acceptors (Lipinski definition) is 2. The monoisotopic (exact) mass is 212 g/mol. The molecule has 0 saturated heterocycles. The van der Waals surface area contributed by atoms with E-state index in [-0.39, 0.29) is 17.6 Å². The number of carboxylic acid groups (broad SMARTS) is 1. The van der Waals surface area contributed by atoms with Crippen LogP contribution in [-0.2, 0) is 9.59 Å². The van der Waals surface area contributed by atoms with Gasteiger partial charge in [0, 0.05) is 12.8 Å². The first-order valence-electron chi connectivity index (χ1n) is 5.81. The molecule has 1 aliphatic carbocycles. The highest BCUT2D eigenvalue weighted by molar-refractivity contribution is 5.78. The molecule has 1 aliphatic rings. The van der Waals surface area contributed by atoms with Crippen molar-refractivity contribution in [2.24, 2.45) is 5.41 Å². The molecule has 0 radical (unpaired) electrons. The van der Waals surface area contributed by atoms with Crippen LogP contribution in [0.2, 0.25) is 0 Å². The maximum absolute atomic E-state index is 11.2. The van der Waals surface area contributed by atoms with E-state index in [2.05, 4.69) is 0 Å². The predicted molar refractivity (Wildman–Crippen MR) is 57.7 cm³/mol. The van der Waals surface area contributed by atoms with Crippen LogP contribution in [0, 0.1) is 5.41 Å². The second-order valence-electron chi connectivity index (χ2n) is 4.67. The average molecular weight is 212 g/mol. The molecule has 1 saturated carbocycles. The summed E-state index contributed by atoms with van der Waals surface area (Å²) in [4.78, 5) is 22.0. The zero-order valence-electron chi connectivity index (χ0n) is 9.42. The number of aliphatic carboxylic acids is 1. The van der Waals surface area contributed by atoms with Gasteiger partial charge in [0.15, 0.2) is 0 Å². The van der Waals surface area contributed by atoms with E-state index in [1.54, 1.807) is 0 Å². The van der Waals surface area contributed by atoms with Crippen LogP contribution in [0.5, 0.6) is 0 Å². The molecule has 0 heterocycles. The van der Waals surface area contributed by atoms with Crippen LogP contribution in [0.1, 0.15) is 58.3 Å². The summed E-state index contributed by atoms with van der Waals surface area (Å²) in [6.07, 6.45) is 6.34. The van der Waals surface area contributed by atoms with Crippen molar-refractivity contribution in [3.63, 3.8) is 0 Å². The second-order valence-corrected chi connectivity index (χ2v) is 4.67. The quantitative estimate of drug-likeness (QED) is 0.736. The Morgan fingerprint density at radius 1 is 1.27 bits per heavy atom. The van der Waals surface area contributed by atoms with Gasteiger partial charge in [-0.1, -0.05) is 19.8 Å². The van der Waals surface area contributed by atoms with Crippen molar-refractivity contribution < 1.29 is 14.7 Å². The summed E-state index contributed by atoms with van der Waals surface area (Å²) >= 11 is 0. The standard InChI is InChI=1S/C12H20O3/c1-2-10(13)5-8-12(9-11(14)15)6-3-4-7-12/h2-9H2,1H3,(H,14,15). The van der Waals surface area contributed by atoms with Gasteiger partial charge in [0.05, 0.1) is 6.42 Å². The second kappa shape index (κ2) is 5.29. The highest BCUT2D eigenvalue weighted by Crippen LogP contribution is 2.44. The lowest BCUT2D eigenvalue weighted by Gasteiger charge is -2.26. The highest BCUT2D eigenvalue weighted by Gasteiger charge is 2.35. The summed E-state index contributed by atoms with van der Waals surface area (Å²) in [6, 6.07) is 0. The summed E-state index contributed by atoms with van der Waals surface area (Å²) in [6.45, 7) is 1.86. The van der Waals surface area contributed by atoms with E-state index in [0.717, 1.165) is 32.1 Å². The molecule has 0 spiro atoms. The van der Waals surface area contributed by atoms with Gasteiger partial charge in [0.1, 0.15) is 5.78 Å². The fourth-order valence-corrected chi connectivity index (χ4v) is 2.54. The van der Waals surface area contributed by atoms with E-state index in [1.165, 1.54) is 0 Å². The largest absolute Gasteiger partial charge is 0.481 e. The minimum atomic E-state index is -0.721. The molecule has 15 heavy (non-hydrogen) atoms. The molecule has 0 unspecified atom stereocenters. The van der Waals surface area contributed by atoms with Crippen LogP contribution in [0.25, 0.3) is 0 Å². The summed E-state index contributed by atoms with van der Waals surface area (Å²) in [5.74, 6) is -0.465. The smallest absolute Gasteiger partial charge is 0.303 e. The van der Waals surface area contributed by atoms with Crippen molar-refractivity contribution in [2.45, 2.75) is 58.3 Å². The van der Waals surface area contributed by atoms with E-state index in [0.29, 0.717) is 12.8 Å². The summed E-state index contributed by atoms with van der Waals surface area (Å²) in [7, 11) is 0. The Morgan fingerprint density at radius 2 is 1.87 bits per heavy atom. The molecule has 86 valence electrons. The number of Topliss-reactive ketones (excluding diaryl/α,β-unsaturated/α-hetero) is 1. The molecule has 3 heteroatoms. The SMILES string of the molecule is CCC(=O)CCC1(CC(=O)O)CCCC1. The first kappa shape index (κ1) is 12.2. The number of hydrogen-bond donors (Lipinski definition) is 1. The van der Waals surface area contributed by atoms with Crippen molar-refractivity contribution in [1.82, 2.24) is 0 Å². The Bertz CT molecular complexity index is 239. The van der Waals surface area contributed by atoms with Gasteiger partial charge in [-0.2, -0.15) is 0 Å². The van der Waals surface area contributed by atoms with Crippen molar-refractivity contribution >= 4 is 11.8 Å². The van der Waals surface area contributed by atoms with E-state index in [1.807, 2.05) is 6.92 Å². The third-order valence-electron chi connectivity index (χ3n) is 3.52. The maximum Gasteiger partial charge on any atom is 0.303 e. The van der Waals surface area contributed by atoms with Crippen LogP contribution in [0.4, 0.5) is 0 Å². The molecule has 3 nitrogen and oxygen atoms in total. The minimum Gasteiger partial charge on any atom is -0.481 e. The fourth-order valence-electron chi connectivity index (χ4n) is 2.54. The number of ketones is 1. The zero-order valence-corrected chi connectivity index (χ0v) is 9.42. The molecule has 0 aromatic rings. The Morgan fingerprint density at radius 3 is 2.33 bits per heavy atom. The predicted octanol–water partition coefficient (Wildman–Crippen LogP) is 2.78. The molecule has 0 aliphatic heterocycles. The summed E-state index contributed by atoms with van der Waals surface area (Å²) in [5, 5.41) is 8.88. The lowest BCUT2D eigenvalue weighted by atomic mass is 9.78. The first-order valence-corrected chi connectivity index (χ1v) is 5.81. The Balaban J connectivity index is 2.49. The number of carboxylic acids is 1. The van der Waals surface area contributed by atoms with Crippen LogP contribution >= 0.6 is 0 Å². The van der Waals surface area contributed by atoms with Gasteiger partial charge in [-0.25, -0.2) is 0 Å². The van der Waals surface area contributed by atoms with Crippen molar-refractivity contribution in [2.75, 3.05) is 0 Å². The molecule has 1 rings (SSSR count). The zero-order chi connectivity index (χ0) is 11.3. The molecule has 0 amide bonds. The van der Waals surface area contributed by atoms with E-state index in [9.17, 15) is 9.59 Å². The molecule has 1 N–H and O–H groups in total. The Kier molecular flexibility index (Phi) is 4.30.